The maximum absolute atomic E-state index is 12.7. The van der Waals surface area contributed by atoms with Gasteiger partial charge < -0.3 is 15.5 Å². The highest BCUT2D eigenvalue weighted by molar-refractivity contribution is 6.05. The number of carbonyl (C=O) groups excluding carboxylic acids is 3. The molecule has 1 aromatic rings. The largest absolute Gasteiger partial charge is 0.368 e. The van der Waals surface area contributed by atoms with Gasteiger partial charge in [-0.25, -0.2) is 0 Å². The lowest BCUT2D eigenvalue weighted by Gasteiger charge is -2.39. The van der Waals surface area contributed by atoms with E-state index in [4.69, 9.17) is 5.73 Å². The number of rotatable bonds is 2. The van der Waals surface area contributed by atoms with Crippen molar-refractivity contribution in [2.45, 2.75) is 31.5 Å². The second-order valence-electron chi connectivity index (χ2n) is 6.41. The molecule has 0 bridgehead atoms. The Balaban J connectivity index is 1.56. The summed E-state index contributed by atoms with van der Waals surface area (Å²) in [6.07, 6.45) is 0.658. The normalized spacial score (nSPS) is 24.6. The summed E-state index contributed by atoms with van der Waals surface area (Å²) in [7, 11) is 0. The summed E-state index contributed by atoms with van der Waals surface area (Å²) >= 11 is 0. The molecule has 0 radical (unpaired) electrons. The lowest BCUT2D eigenvalue weighted by Crippen LogP contribution is -2.55. The van der Waals surface area contributed by atoms with Gasteiger partial charge in [0.15, 0.2) is 0 Å². The number of hydrogen-bond donors (Lipinski definition) is 2. The predicted molar refractivity (Wildman–Crippen MR) is 82.7 cm³/mol. The Morgan fingerprint density at radius 1 is 1.17 bits per heavy atom. The SMILES string of the molecule is NC1CN(c2ccc3c(c2)C(=O)N(C2CCC(=O)NC2=O)C3)C1. The van der Waals surface area contributed by atoms with Crippen molar-refractivity contribution in [3.63, 3.8) is 0 Å². The molecule has 0 spiro atoms. The van der Waals surface area contributed by atoms with E-state index in [9.17, 15) is 14.4 Å². The number of amides is 3. The first-order chi connectivity index (χ1) is 11.0. The number of benzene rings is 1. The highest BCUT2D eigenvalue weighted by Gasteiger charge is 2.39. The van der Waals surface area contributed by atoms with E-state index in [-0.39, 0.29) is 30.2 Å². The van der Waals surface area contributed by atoms with Crippen LogP contribution in [0.25, 0.3) is 0 Å². The molecule has 3 amide bonds. The van der Waals surface area contributed by atoms with Gasteiger partial charge >= 0.3 is 0 Å². The van der Waals surface area contributed by atoms with Gasteiger partial charge in [-0.15, -0.1) is 0 Å². The number of nitrogens with two attached hydrogens (primary N) is 1. The molecule has 1 aromatic carbocycles. The molecule has 3 aliphatic heterocycles. The summed E-state index contributed by atoms with van der Waals surface area (Å²) in [5.41, 5.74) is 8.36. The minimum Gasteiger partial charge on any atom is -0.368 e. The predicted octanol–water partition coefficient (Wildman–Crippen LogP) is -0.405. The number of imide groups is 1. The number of anilines is 1. The van der Waals surface area contributed by atoms with Crippen LogP contribution in [0.5, 0.6) is 0 Å². The van der Waals surface area contributed by atoms with Gasteiger partial charge in [-0.1, -0.05) is 6.07 Å². The summed E-state index contributed by atoms with van der Waals surface area (Å²) < 4.78 is 0. The Bertz CT molecular complexity index is 711. The fourth-order valence-electron chi connectivity index (χ4n) is 3.46. The third-order valence-electron chi connectivity index (χ3n) is 4.79. The summed E-state index contributed by atoms with van der Waals surface area (Å²) in [5, 5.41) is 2.31. The quantitative estimate of drug-likeness (QED) is 0.724. The van der Waals surface area contributed by atoms with Crippen LogP contribution in [0.3, 0.4) is 0 Å². The van der Waals surface area contributed by atoms with E-state index in [0.717, 1.165) is 24.3 Å². The van der Waals surface area contributed by atoms with Crippen LogP contribution in [-0.4, -0.2) is 47.8 Å². The molecule has 3 aliphatic rings. The molecule has 4 rings (SSSR count). The minimum atomic E-state index is -0.562. The Labute approximate surface area is 133 Å². The number of fused-ring (bicyclic) bond motifs is 1. The molecular formula is C16H18N4O3. The van der Waals surface area contributed by atoms with Crippen LogP contribution in [-0.2, 0) is 16.1 Å². The number of hydrogen-bond acceptors (Lipinski definition) is 5. The fraction of sp³-hybridized carbons (Fsp3) is 0.438. The number of nitrogens with one attached hydrogen (secondary N) is 1. The van der Waals surface area contributed by atoms with E-state index in [2.05, 4.69) is 10.2 Å². The summed E-state index contributed by atoms with van der Waals surface area (Å²) in [5.74, 6) is -0.788. The zero-order valence-electron chi connectivity index (χ0n) is 12.6. The molecule has 120 valence electrons. The molecule has 1 unspecified atom stereocenters. The molecule has 0 aliphatic carbocycles. The van der Waals surface area contributed by atoms with Crippen molar-refractivity contribution >= 4 is 23.4 Å². The molecule has 2 fully saturated rings. The molecular weight excluding hydrogens is 296 g/mol. The van der Waals surface area contributed by atoms with Gasteiger partial charge in [-0.2, -0.15) is 0 Å². The van der Waals surface area contributed by atoms with E-state index in [1.54, 1.807) is 4.90 Å². The number of piperidine rings is 1. The average molecular weight is 314 g/mol. The van der Waals surface area contributed by atoms with Gasteiger partial charge in [0.2, 0.25) is 11.8 Å². The van der Waals surface area contributed by atoms with Crippen LogP contribution in [0, 0.1) is 0 Å². The first kappa shape index (κ1) is 14.2. The van der Waals surface area contributed by atoms with Gasteiger partial charge in [-0.3, -0.25) is 19.7 Å². The van der Waals surface area contributed by atoms with Crippen LogP contribution in [0.2, 0.25) is 0 Å². The minimum absolute atomic E-state index is 0.138. The summed E-state index contributed by atoms with van der Waals surface area (Å²) in [6.45, 7) is 2.01. The molecule has 7 nitrogen and oxygen atoms in total. The van der Waals surface area contributed by atoms with E-state index in [1.807, 2.05) is 18.2 Å². The van der Waals surface area contributed by atoms with E-state index in [0.29, 0.717) is 18.5 Å². The molecule has 0 saturated carbocycles. The Morgan fingerprint density at radius 2 is 1.96 bits per heavy atom. The Morgan fingerprint density at radius 3 is 2.65 bits per heavy atom. The van der Waals surface area contributed by atoms with Gasteiger partial charge in [0.25, 0.3) is 5.91 Å². The summed E-state index contributed by atoms with van der Waals surface area (Å²) in [6, 6.07) is 5.45. The van der Waals surface area contributed by atoms with Crippen molar-refractivity contribution < 1.29 is 14.4 Å². The van der Waals surface area contributed by atoms with E-state index >= 15 is 0 Å². The molecule has 0 aromatic heterocycles. The second kappa shape index (κ2) is 5.06. The van der Waals surface area contributed by atoms with E-state index < -0.39 is 6.04 Å². The first-order valence-corrected chi connectivity index (χ1v) is 7.81. The highest BCUT2D eigenvalue weighted by atomic mass is 16.2. The first-order valence-electron chi connectivity index (χ1n) is 7.81. The molecule has 1 atom stereocenters. The van der Waals surface area contributed by atoms with Gasteiger partial charge in [0, 0.05) is 43.3 Å². The third-order valence-corrected chi connectivity index (χ3v) is 4.79. The zero-order valence-corrected chi connectivity index (χ0v) is 12.6. The van der Waals surface area contributed by atoms with Crippen LogP contribution >= 0.6 is 0 Å². The monoisotopic (exact) mass is 314 g/mol. The van der Waals surface area contributed by atoms with Crippen molar-refractivity contribution in [2.75, 3.05) is 18.0 Å². The molecule has 23 heavy (non-hydrogen) atoms. The zero-order chi connectivity index (χ0) is 16.1. The number of carbonyl (C=O) groups is 3. The Hall–Kier alpha value is -2.41. The topological polar surface area (TPSA) is 95.7 Å². The average Bonchev–Trinajstić information content (AvgIpc) is 2.81. The summed E-state index contributed by atoms with van der Waals surface area (Å²) in [4.78, 5) is 39.7. The highest BCUT2D eigenvalue weighted by Crippen LogP contribution is 2.31. The van der Waals surface area contributed by atoms with E-state index in [1.165, 1.54) is 0 Å². The van der Waals surface area contributed by atoms with Gasteiger partial charge in [0.1, 0.15) is 6.04 Å². The van der Waals surface area contributed by atoms with Crippen molar-refractivity contribution in [1.82, 2.24) is 10.2 Å². The molecule has 3 heterocycles. The van der Waals surface area contributed by atoms with Crippen LogP contribution < -0.4 is 16.0 Å². The van der Waals surface area contributed by atoms with Crippen LogP contribution in [0.1, 0.15) is 28.8 Å². The van der Waals surface area contributed by atoms with Crippen molar-refractivity contribution in [2.24, 2.45) is 5.73 Å². The molecule has 3 N–H and O–H groups in total. The maximum Gasteiger partial charge on any atom is 0.255 e. The Kier molecular flexibility index (Phi) is 3.12. The van der Waals surface area contributed by atoms with Crippen molar-refractivity contribution in [3.05, 3.63) is 29.3 Å². The second-order valence-corrected chi connectivity index (χ2v) is 6.41. The number of nitrogens with zero attached hydrogens (tertiary/aromatic N) is 2. The lowest BCUT2D eigenvalue weighted by molar-refractivity contribution is -0.136. The van der Waals surface area contributed by atoms with Crippen molar-refractivity contribution in [3.8, 4) is 0 Å². The van der Waals surface area contributed by atoms with Gasteiger partial charge in [0.05, 0.1) is 0 Å². The smallest absolute Gasteiger partial charge is 0.255 e. The maximum atomic E-state index is 12.7. The molecule has 7 heteroatoms. The third kappa shape index (κ3) is 2.28. The molecule has 2 saturated heterocycles. The van der Waals surface area contributed by atoms with Crippen LogP contribution in [0.15, 0.2) is 18.2 Å². The fourth-order valence-corrected chi connectivity index (χ4v) is 3.46. The van der Waals surface area contributed by atoms with Crippen LogP contribution in [0.4, 0.5) is 5.69 Å². The lowest BCUT2D eigenvalue weighted by atomic mass is 10.0. The standard InChI is InChI=1S/C16H18N4O3/c17-10-7-19(8-10)11-2-1-9-6-20(16(23)12(9)5-11)13-3-4-14(21)18-15(13)22/h1-2,5,10,13H,3-4,6-8,17H2,(H,18,21,22). The van der Waals surface area contributed by atoms with Gasteiger partial charge in [-0.05, 0) is 24.1 Å². The van der Waals surface area contributed by atoms with Crippen molar-refractivity contribution in [1.29, 1.82) is 0 Å².